The lowest BCUT2D eigenvalue weighted by Gasteiger charge is -2.26. The fourth-order valence-electron chi connectivity index (χ4n) is 0.842. The minimum atomic E-state index is 0. The fraction of sp³-hybridized carbons (Fsp3) is 1.00. The van der Waals surface area contributed by atoms with Crippen molar-refractivity contribution in [3.63, 3.8) is 0 Å². The second-order valence-corrected chi connectivity index (χ2v) is 2.32. The smallest absolute Gasteiger partial charge is 0.0697 e. The highest BCUT2D eigenvalue weighted by molar-refractivity contribution is 5.85. The molecule has 0 aromatic rings. The van der Waals surface area contributed by atoms with Gasteiger partial charge < -0.3 is 10.1 Å². The number of ether oxygens (including phenoxy) is 1. The zero-order chi connectivity index (χ0) is 5.98. The van der Waals surface area contributed by atoms with Crippen molar-refractivity contribution >= 4 is 12.4 Å². The molecule has 0 bridgehead atoms. The summed E-state index contributed by atoms with van der Waals surface area (Å²) in [6.45, 7) is 6.11. The molecule has 0 spiro atoms. The number of nitrogens with one attached hydrogen (secondary N) is 1. The Labute approximate surface area is 62.4 Å². The molecular formula is C6H14ClNO. The summed E-state index contributed by atoms with van der Waals surface area (Å²) in [7, 11) is 0. The Bertz CT molecular complexity index is 69.5. The van der Waals surface area contributed by atoms with Crippen molar-refractivity contribution in [2.75, 3.05) is 13.2 Å². The molecule has 1 N–H and O–H groups in total. The Morgan fingerprint density at radius 3 is 2.44 bits per heavy atom. The number of hydrogen-bond acceptors (Lipinski definition) is 2. The Morgan fingerprint density at radius 1 is 1.44 bits per heavy atom. The Hall–Kier alpha value is 0.210. The van der Waals surface area contributed by atoms with Crippen LogP contribution in [0.4, 0.5) is 0 Å². The van der Waals surface area contributed by atoms with E-state index in [4.69, 9.17) is 4.74 Å². The van der Waals surface area contributed by atoms with Crippen LogP contribution in [0.1, 0.15) is 13.8 Å². The van der Waals surface area contributed by atoms with Crippen LogP contribution < -0.4 is 5.32 Å². The lowest BCUT2D eigenvalue weighted by molar-refractivity contribution is 0.0135. The van der Waals surface area contributed by atoms with E-state index in [2.05, 4.69) is 19.2 Å². The van der Waals surface area contributed by atoms with Gasteiger partial charge in [0, 0.05) is 12.6 Å². The Balaban J connectivity index is 0.000000640. The average Bonchev–Trinajstić information content (AvgIpc) is 1.77. The maximum absolute atomic E-state index is 5.33. The van der Waals surface area contributed by atoms with Crippen molar-refractivity contribution in [1.82, 2.24) is 5.32 Å². The first-order chi connectivity index (χ1) is 3.80. The molecule has 0 saturated carbocycles. The van der Waals surface area contributed by atoms with E-state index in [0.717, 1.165) is 13.2 Å². The van der Waals surface area contributed by atoms with Gasteiger partial charge in [0.15, 0.2) is 0 Å². The van der Waals surface area contributed by atoms with Crippen molar-refractivity contribution < 1.29 is 4.74 Å². The lowest BCUT2D eigenvalue weighted by Crippen LogP contribution is -2.44. The molecule has 2 atom stereocenters. The van der Waals surface area contributed by atoms with Gasteiger partial charge in [-0.1, -0.05) is 0 Å². The summed E-state index contributed by atoms with van der Waals surface area (Å²) >= 11 is 0. The number of halogens is 1. The van der Waals surface area contributed by atoms with E-state index >= 15 is 0 Å². The summed E-state index contributed by atoms with van der Waals surface area (Å²) in [4.78, 5) is 0. The molecule has 1 rings (SSSR count). The van der Waals surface area contributed by atoms with Crippen LogP contribution in [0.25, 0.3) is 0 Å². The minimum Gasteiger partial charge on any atom is -0.376 e. The molecule has 3 heteroatoms. The topological polar surface area (TPSA) is 21.3 Å². The Morgan fingerprint density at radius 2 is 2.11 bits per heavy atom. The molecule has 1 fully saturated rings. The van der Waals surface area contributed by atoms with E-state index in [1.165, 1.54) is 0 Å². The normalized spacial score (nSPS) is 35.3. The largest absolute Gasteiger partial charge is 0.376 e. The third kappa shape index (κ3) is 2.52. The molecule has 0 aromatic carbocycles. The third-order valence-corrected chi connectivity index (χ3v) is 1.65. The van der Waals surface area contributed by atoms with Gasteiger partial charge in [-0.25, -0.2) is 0 Å². The second kappa shape index (κ2) is 4.09. The van der Waals surface area contributed by atoms with Crippen LogP contribution in [0.5, 0.6) is 0 Å². The van der Waals surface area contributed by atoms with Crippen LogP contribution in [-0.2, 0) is 4.74 Å². The summed E-state index contributed by atoms with van der Waals surface area (Å²) in [6, 6.07) is 0.531. The fourth-order valence-corrected chi connectivity index (χ4v) is 0.842. The third-order valence-electron chi connectivity index (χ3n) is 1.65. The average molecular weight is 152 g/mol. The summed E-state index contributed by atoms with van der Waals surface area (Å²) in [5.74, 6) is 0. The molecule has 0 radical (unpaired) electrons. The molecule has 56 valence electrons. The van der Waals surface area contributed by atoms with Gasteiger partial charge in [-0.05, 0) is 13.8 Å². The highest BCUT2D eigenvalue weighted by Gasteiger charge is 2.15. The van der Waals surface area contributed by atoms with E-state index in [-0.39, 0.29) is 12.4 Å². The molecule has 0 amide bonds. The van der Waals surface area contributed by atoms with E-state index in [0.29, 0.717) is 12.1 Å². The maximum Gasteiger partial charge on any atom is 0.0697 e. The van der Waals surface area contributed by atoms with Crippen molar-refractivity contribution in [3.8, 4) is 0 Å². The molecule has 2 nitrogen and oxygen atoms in total. The van der Waals surface area contributed by atoms with Crippen molar-refractivity contribution in [2.24, 2.45) is 0 Å². The van der Waals surface area contributed by atoms with Gasteiger partial charge in [0.2, 0.25) is 0 Å². The molecule has 0 unspecified atom stereocenters. The summed E-state index contributed by atoms with van der Waals surface area (Å²) in [6.07, 6.45) is 0.392. The predicted octanol–water partition coefficient (Wildman–Crippen LogP) is 0.805. The van der Waals surface area contributed by atoms with Crippen molar-refractivity contribution in [3.05, 3.63) is 0 Å². The highest BCUT2D eigenvalue weighted by atomic mass is 35.5. The van der Waals surface area contributed by atoms with E-state index < -0.39 is 0 Å². The molecule has 9 heavy (non-hydrogen) atoms. The summed E-state index contributed by atoms with van der Waals surface area (Å²) in [5, 5.41) is 3.31. The van der Waals surface area contributed by atoms with Gasteiger partial charge in [0.05, 0.1) is 12.7 Å². The predicted molar refractivity (Wildman–Crippen MR) is 40.1 cm³/mol. The number of rotatable bonds is 0. The minimum absolute atomic E-state index is 0. The molecule has 0 aliphatic carbocycles. The van der Waals surface area contributed by atoms with Gasteiger partial charge >= 0.3 is 0 Å². The number of morpholine rings is 1. The van der Waals surface area contributed by atoms with Crippen molar-refractivity contribution in [1.29, 1.82) is 0 Å². The Kier molecular flexibility index (Phi) is 4.19. The molecule has 1 saturated heterocycles. The van der Waals surface area contributed by atoms with Crippen LogP contribution in [0.15, 0.2) is 0 Å². The van der Waals surface area contributed by atoms with Crippen LogP contribution >= 0.6 is 12.4 Å². The zero-order valence-electron chi connectivity index (χ0n) is 5.89. The second-order valence-electron chi connectivity index (χ2n) is 2.32. The van der Waals surface area contributed by atoms with Crippen LogP contribution in [-0.4, -0.2) is 25.3 Å². The maximum atomic E-state index is 5.33. The molecule has 1 aliphatic rings. The number of hydrogen-bond donors (Lipinski definition) is 1. The first kappa shape index (κ1) is 9.21. The first-order valence-electron chi connectivity index (χ1n) is 3.15. The van der Waals surface area contributed by atoms with E-state index in [1.807, 2.05) is 0 Å². The van der Waals surface area contributed by atoms with Crippen LogP contribution in [0.3, 0.4) is 0 Å². The van der Waals surface area contributed by atoms with E-state index in [9.17, 15) is 0 Å². The van der Waals surface area contributed by atoms with Crippen molar-refractivity contribution in [2.45, 2.75) is 26.0 Å². The van der Waals surface area contributed by atoms with Crippen LogP contribution in [0.2, 0.25) is 0 Å². The standard InChI is InChI=1S/C6H13NO.ClH/c1-5-6(2)8-4-3-7-5;/h5-7H,3-4H2,1-2H3;1H/t5-,6-;/m0./s1. The van der Waals surface area contributed by atoms with Crippen LogP contribution in [0, 0.1) is 0 Å². The summed E-state index contributed by atoms with van der Waals surface area (Å²) in [5.41, 5.74) is 0. The van der Waals surface area contributed by atoms with E-state index in [1.54, 1.807) is 0 Å². The summed E-state index contributed by atoms with van der Waals surface area (Å²) < 4.78 is 5.33. The lowest BCUT2D eigenvalue weighted by atomic mass is 10.2. The van der Waals surface area contributed by atoms with Gasteiger partial charge in [0.25, 0.3) is 0 Å². The molecule has 1 aliphatic heterocycles. The monoisotopic (exact) mass is 151 g/mol. The van der Waals surface area contributed by atoms with Gasteiger partial charge in [0.1, 0.15) is 0 Å². The quantitative estimate of drug-likeness (QED) is 0.553. The first-order valence-corrected chi connectivity index (χ1v) is 3.15. The molecule has 1 heterocycles. The van der Waals surface area contributed by atoms with Gasteiger partial charge in [-0.2, -0.15) is 0 Å². The molecular weight excluding hydrogens is 138 g/mol. The van der Waals surface area contributed by atoms with Gasteiger partial charge in [-0.15, -0.1) is 12.4 Å². The highest BCUT2D eigenvalue weighted by Crippen LogP contribution is 2.00. The molecule has 0 aromatic heterocycles. The van der Waals surface area contributed by atoms with Gasteiger partial charge in [-0.3, -0.25) is 0 Å². The zero-order valence-corrected chi connectivity index (χ0v) is 6.70. The SMILES string of the molecule is C[C@@H]1NCCO[C@H]1C.Cl.